The van der Waals surface area contributed by atoms with Crippen LogP contribution in [0.15, 0.2) is 42.6 Å². The number of amides is 1. The fourth-order valence-corrected chi connectivity index (χ4v) is 2.49. The van der Waals surface area contributed by atoms with Gasteiger partial charge >= 0.3 is 0 Å². The lowest BCUT2D eigenvalue weighted by Crippen LogP contribution is -2.29. The van der Waals surface area contributed by atoms with Crippen molar-refractivity contribution in [2.75, 3.05) is 26.2 Å². The van der Waals surface area contributed by atoms with Gasteiger partial charge in [-0.05, 0) is 50.3 Å². The Kier molecular flexibility index (Phi) is 6.88. The highest BCUT2D eigenvalue weighted by Crippen LogP contribution is 2.17. The van der Waals surface area contributed by atoms with Crippen LogP contribution >= 0.6 is 0 Å². The van der Waals surface area contributed by atoms with Gasteiger partial charge in [0.1, 0.15) is 5.82 Å². The van der Waals surface area contributed by atoms with E-state index in [1.54, 1.807) is 18.2 Å². The number of hydrogen-bond donors (Lipinski definition) is 1. The standard InChI is InChI=1S/C19H24FN3O/c1-3-23(4-2)13-5-12-21-19(24)16-8-6-15(7-9-16)18-11-10-17(20)14-22-18/h6-11,14H,3-5,12-13H2,1-2H3,(H,21,24). The molecule has 1 aromatic heterocycles. The van der Waals surface area contributed by atoms with Crippen LogP contribution in [0, 0.1) is 5.82 Å². The molecule has 1 heterocycles. The van der Waals surface area contributed by atoms with Gasteiger partial charge < -0.3 is 10.2 Å². The Morgan fingerprint density at radius 1 is 1.12 bits per heavy atom. The summed E-state index contributed by atoms with van der Waals surface area (Å²) in [6.45, 7) is 7.99. The van der Waals surface area contributed by atoms with Gasteiger partial charge in [0.05, 0.1) is 11.9 Å². The number of nitrogens with one attached hydrogen (secondary N) is 1. The first-order valence-corrected chi connectivity index (χ1v) is 8.36. The molecule has 2 rings (SSSR count). The highest BCUT2D eigenvalue weighted by atomic mass is 19.1. The summed E-state index contributed by atoms with van der Waals surface area (Å²) in [5, 5.41) is 2.94. The lowest BCUT2D eigenvalue weighted by Gasteiger charge is -2.17. The van der Waals surface area contributed by atoms with Crippen molar-refractivity contribution in [1.82, 2.24) is 15.2 Å². The minimum absolute atomic E-state index is 0.0758. The Bertz CT molecular complexity index is 637. The van der Waals surface area contributed by atoms with Crippen LogP contribution in [0.3, 0.4) is 0 Å². The summed E-state index contributed by atoms with van der Waals surface area (Å²) in [5.74, 6) is -0.437. The number of aromatic nitrogens is 1. The summed E-state index contributed by atoms with van der Waals surface area (Å²) in [5.41, 5.74) is 2.15. The van der Waals surface area contributed by atoms with Crippen molar-refractivity contribution in [3.05, 3.63) is 54.0 Å². The molecule has 24 heavy (non-hydrogen) atoms. The molecule has 2 aromatic rings. The molecule has 1 amide bonds. The third-order valence-corrected chi connectivity index (χ3v) is 4.00. The second kappa shape index (κ2) is 9.13. The molecular weight excluding hydrogens is 305 g/mol. The van der Waals surface area contributed by atoms with Gasteiger partial charge in [-0.3, -0.25) is 9.78 Å². The van der Waals surface area contributed by atoms with Crippen LogP contribution in [0.2, 0.25) is 0 Å². The molecule has 1 N–H and O–H groups in total. The van der Waals surface area contributed by atoms with E-state index in [0.29, 0.717) is 17.8 Å². The number of benzene rings is 1. The highest BCUT2D eigenvalue weighted by Gasteiger charge is 2.06. The topological polar surface area (TPSA) is 45.2 Å². The first kappa shape index (κ1) is 18.1. The Balaban J connectivity index is 1.86. The maximum absolute atomic E-state index is 12.9. The van der Waals surface area contributed by atoms with E-state index in [1.165, 1.54) is 12.3 Å². The summed E-state index contributed by atoms with van der Waals surface area (Å²) in [6.07, 6.45) is 2.12. The number of nitrogens with zero attached hydrogens (tertiary/aromatic N) is 2. The van der Waals surface area contributed by atoms with E-state index >= 15 is 0 Å². The van der Waals surface area contributed by atoms with Crippen LogP contribution in [0.4, 0.5) is 4.39 Å². The van der Waals surface area contributed by atoms with Gasteiger partial charge in [0, 0.05) is 17.7 Å². The van der Waals surface area contributed by atoms with Crippen LogP contribution in [0.5, 0.6) is 0 Å². The lowest BCUT2D eigenvalue weighted by molar-refractivity contribution is 0.0952. The maximum atomic E-state index is 12.9. The third-order valence-electron chi connectivity index (χ3n) is 4.00. The molecule has 0 unspecified atom stereocenters. The molecule has 0 spiro atoms. The van der Waals surface area contributed by atoms with Gasteiger partial charge in [-0.25, -0.2) is 4.39 Å². The fourth-order valence-electron chi connectivity index (χ4n) is 2.49. The number of carbonyl (C=O) groups excluding carboxylic acids is 1. The molecule has 0 saturated carbocycles. The number of halogens is 1. The zero-order valence-electron chi connectivity index (χ0n) is 14.3. The van der Waals surface area contributed by atoms with Gasteiger partial charge in [0.15, 0.2) is 0 Å². The van der Waals surface area contributed by atoms with Crippen LogP contribution in [0.1, 0.15) is 30.6 Å². The molecule has 1 aromatic carbocycles. The summed E-state index contributed by atoms with van der Waals surface area (Å²) in [6, 6.07) is 10.2. The maximum Gasteiger partial charge on any atom is 0.251 e. The van der Waals surface area contributed by atoms with Gasteiger partial charge in [-0.15, -0.1) is 0 Å². The fraction of sp³-hybridized carbons (Fsp3) is 0.368. The number of pyridine rings is 1. The molecule has 0 fully saturated rings. The average Bonchev–Trinajstić information content (AvgIpc) is 2.62. The molecule has 0 radical (unpaired) electrons. The number of hydrogen-bond acceptors (Lipinski definition) is 3. The minimum atomic E-state index is -0.362. The second-order valence-electron chi connectivity index (χ2n) is 5.58. The molecule has 0 atom stereocenters. The van der Waals surface area contributed by atoms with Crippen molar-refractivity contribution in [1.29, 1.82) is 0 Å². The number of rotatable bonds is 8. The largest absolute Gasteiger partial charge is 0.352 e. The first-order chi connectivity index (χ1) is 11.6. The Morgan fingerprint density at radius 3 is 2.42 bits per heavy atom. The molecule has 128 valence electrons. The summed E-state index contributed by atoms with van der Waals surface area (Å²) in [4.78, 5) is 18.5. The van der Waals surface area contributed by atoms with Crippen molar-refractivity contribution in [3.8, 4) is 11.3 Å². The summed E-state index contributed by atoms with van der Waals surface area (Å²) in [7, 11) is 0. The van der Waals surface area contributed by atoms with Crippen molar-refractivity contribution in [3.63, 3.8) is 0 Å². The SMILES string of the molecule is CCN(CC)CCCNC(=O)c1ccc(-c2ccc(F)cn2)cc1. The van der Waals surface area contributed by atoms with Crippen molar-refractivity contribution in [2.24, 2.45) is 0 Å². The van der Waals surface area contributed by atoms with E-state index in [4.69, 9.17) is 0 Å². The molecule has 0 aliphatic carbocycles. The van der Waals surface area contributed by atoms with Gasteiger partial charge in [0.25, 0.3) is 5.91 Å². The van der Waals surface area contributed by atoms with Gasteiger partial charge in [0.2, 0.25) is 0 Å². The average molecular weight is 329 g/mol. The van der Waals surface area contributed by atoms with E-state index in [9.17, 15) is 9.18 Å². The predicted octanol–water partition coefficient (Wildman–Crippen LogP) is 3.35. The second-order valence-corrected chi connectivity index (χ2v) is 5.58. The van der Waals surface area contributed by atoms with Crippen molar-refractivity contribution < 1.29 is 9.18 Å². The number of carbonyl (C=O) groups is 1. The minimum Gasteiger partial charge on any atom is -0.352 e. The van der Waals surface area contributed by atoms with Gasteiger partial charge in [-0.2, -0.15) is 0 Å². The Morgan fingerprint density at radius 2 is 1.83 bits per heavy atom. The van der Waals surface area contributed by atoms with E-state index in [2.05, 4.69) is 29.0 Å². The quantitative estimate of drug-likeness (QED) is 0.756. The predicted molar refractivity (Wildman–Crippen MR) is 94.4 cm³/mol. The van der Waals surface area contributed by atoms with Crippen molar-refractivity contribution >= 4 is 5.91 Å². The molecule has 0 aliphatic heterocycles. The van der Waals surface area contributed by atoms with Crippen molar-refractivity contribution in [2.45, 2.75) is 20.3 Å². The molecule has 4 nitrogen and oxygen atoms in total. The van der Waals surface area contributed by atoms with E-state index < -0.39 is 0 Å². The lowest BCUT2D eigenvalue weighted by atomic mass is 10.1. The molecule has 0 saturated heterocycles. The van der Waals surface area contributed by atoms with Crippen LogP contribution in [-0.4, -0.2) is 42.0 Å². The zero-order chi connectivity index (χ0) is 17.4. The molecule has 5 heteroatoms. The normalized spacial score (nSPS) is 10.8. The summed E-state index contributed by atoms with van der Waals surface area (Å²) < 4.78 is 12.9. The Labute approximate surface area is 142 Å². The highest BCUT2D eigenvalue weighted by molar-refractivity contribution is 5.94. The van der Waals surface area contributed by atoms with E-state index in [1.807, 2.05) is 12.1 Å². The smallest absolute Gasteiger partial charge is 0.251 e. The van der Waals surface area contributed by atoms with Crippen LogP contribution < -0.4 is 5.32 Å². The van der Waals surface area contributed by atoms with E-state index in [-0.39, 0.29) is 11.7 Å². The summed E-state index contributed by atoms with van der Waals surface area (Å²) >= 11 is 0. The van der Waals surface area contributed by atoms with Gasteiger partial charge in [-0.1, -0.05) is 26.0 Å². The molecular formula is C19H24FN3O. The molecule has 0 bridgehead atoms. The Hall–Kier alpha value is -2.27. The monoisotopic (exact) mass is 329 g/mol. The zero-order valence-corrected chi connectivity index (χ0v) is 14.3. The molecule has 0 aliphatic rings. The third kappa shape index (κ3) is 5.13. The first-order valence-electron chi connectivity index (χ1n) is 8.36. The van der Waals surface area contributed by atoms with Crippen LogP contribution in [-0.2, 0) is 0 Å². The van der Waals surface area contributed by atoms with E-state index in [0.717, 1.165) is 31.6 Å². The van der Waals surface area contributed by atoms with Crippen LogP contribution in [0.25, 0.3) is 11.3 Å².